The van der Waals surface area contributed by atoms with Gasteiger partial charge >= 0.3 is 0 Å². The molecule has 2 aromatic carbocycles. The number of hydrogen-bond donors (Lipinski definition) is 1. The Hall–Kier alpha value is -1.26. The van der Waals surface area contributed by atoms with Crippen LogP contribution >= 0.6 is 27.7 Å². The summed E-state index contributed by atoms with van der Waals surface area (Å²) in [4.78, 5) is 4.65. The zero-order valence-corrected chi connectivity index (χ0v) is 14.5. The molecule has 1 N–H and O–H groups in total. The van der Waals surface area contributed by atoms with Crippen molar-refractivity contribution >= 4 is 38.5 Å². The van der Waals surface area contributed by atoms with E-state index >= 15 is 0 Å². The van der Waals surface area contributed by atoms with Gasteiger partial charge in [0.25, 0.3) is 0 Å². The van der Waals surface area contributed by atoms with E-state index in [1.54, 1.807) is 0 Å². The van der Waals surface area contributed by atoms with Crippen LogP contribution in [0, 0.1) is 13.8 Å². The first-order valence-corrected chi connectivity index (χ1v) is 8.60. The van der Waals surface area contributed by atoms with E-state index in [0.717, 1.165) is 21.9 Å². The van der Waals surface area contributed by atoms with E-state index in [4.69, 9.17) is 0 Å². The first-order chi connectivity index (χ1) is 10.1. The lowest BCUT2D eigenvalue weighted by Crippen LogP contribution is -2.08. The summed E-state index contributed by atoms with van der Waals surface area (Å²) >= 11 is 5.34. The molecular formula is C17H17BrN2S. The molecule has 0 saturated heterocycles. The van der Waals surface area contributed by atoms with Gasteiger partial charge in [-0.05, 0) is 42.7 Å². The third-order valence-electron chi connectivity index (χ3n) is 3.56. The Morgan fingerprint density at radius 3 is 2.48 bits per heavy atom. The van der Waals surface area contributed by atoms with Crippen LogP contribution in [0.1, 0.15) is 21.9 Å². The Kier molecular flexibility index (Phi) is 4.36. The van der Waals surface area contributed by atoms with Crippen LogP contribution in [0.3, 0.4) is 0 Å². The average molecular weight is 361 g/mol. The molecular weight excluding hydrogens is 344 g/mol. The maximum atomic E-state index is 4.65. The van der Waals surface area contributed by atoms with Gasteiger partial charge in [0.05, 0.1) is 11.8 Å². The Labute approximate surface area is 138 Å². The van der Waals surface area contributed by atoms with Crippen LogP contribution in [-0.2, 0) is 0 Å². The topological polar surface area (TPSA) is 24.4 Å². The van der Waals surface area contributed by atoms with Gasteiger partial charge in [0.1, 0.15) is 0 Å². The van der Waals surface area contributed by atoms with E-state index < -0.39 is 0 Å². The first-order valence-electron chi connectivity index (χ1n) is 6.93. The number of halogens is 1. The summed E-state index contributed by atoms with van der Waals surface area (Å²) in [5.74, 6) is 0. The monoisotopic (exact) mass is 360 g/mol. The fourth-order valence-electron chi connectivity index (χ4n) is 2.50. The summed E-state index contributed by atoms with van der Waals surface area (Å²) in [6, 6.07) is 14.8. The summed E-state index contributed by atoms with van der Waals surface area (Å²) in [7, 11) is 0. The lowest BCUT2D eigenvalue weighted by Gasteiger charge is -2.14. The highest BCUT2D eigenvalue weighted by Crippen LogP contribution is 2.36. The van der Waals surface area contributed by atoms with Gasteiger partial charge in [-0.2, -0.15) is 0 Å². The summed E-state index contributed by atoms with van der Waals surface area (Å²) in [6.07, 6.45) is 0. The predicted molar refractivity (Wildman–Crippen MR) is 96.3 cm³/mol. The molecule has 0 amide bonds. The van der Waals surface area contributed by atoms with Crippen molar-refractivity contribution in [2.75, 3.05) is 11.9 Å². The number of rotatable bonds is 2. The number of amidine groups is 1. The Balaban J connectivity index is 1.73. The second kappa shape index (κ2) is 6.24. The molecule has 0 bridgehead atoms. The van der Waals surface area contributed by atoms with Crippen molar-refractivity contribution in [2.24, 2.45) is 4.99 Å². The number of nitrogens with one attached hydrogen (secondary N) is 1. The summed E-state index contributed by atoms with van der Waals surface area (Å²) in [5.41, 5.74) is 4.96. The second-order valence-electron chi connectivity index (χ2n) is 5.20. The van der Waals surface area contributed by atoms with Crippen LogP contribution in [0.4, 0.5) is 5.69 Å². The zero-order valence-electron chi connectivity index (χ0n) is 12.1. The maximum absolute atomic E-state index is 4.65. The lowest BCUT2D eigenvalue weighted by atomic mass is 10.1. The van der Waals surface area contributed by atoms with E-state index in [-0.39, 0.29) is 0 Å². The molecule has 0 spiro atoms. The molecule has 0 aromatic heterocycles. The van der Waals surface area contributed by atoms with Gasteiger partial charge in [0.2, 0.25) is 0 Å². The highest BCUT2D eigenvalue weighted by atomic mass is 79.9. The number of benzene rings is 2. The zero-order chi connectivity index (χ0) is 14.8. The van der Waals surface area contributed by atoms with Gasteiger partial charge in [0.15, 0.2) is 5.17 Å². The molecule has 1 aliphatic rings. The molecule has 4 heteroatoms. The minimum Gasteiger partial charge on any atom is -0.335 e. The number of aliphatic imine (C=N–C) groups is 1. The third kappa shape index (κ3) is 3.33. The van der Waals surface area contributed by atoms with Gasteiger partial charge in [-0.1, -0.05) is 58.0 Å². The van der Waals surface area contributed by atoms with Gasteiger partial charge in [0, 0.05) is 10.2 Å². The molecule has 0 aliphatic carbocycles. The molecule has 1 unspecified atom stereocenters. The van der Waals surface area contributed by atoms with Crippen molar-refractivity contribution in [3.8, 4) is 0 Å². The third-order valence-corrected chi connectivity index (χ3v) is 5.17. The van der Waals surface area contributed by atoms with Gasteiger partial charge in [-0.15, -0.1) is 0 Å². The summed E-state index contributed by atoms with van der Waals surface area (Å²) < 4.78 is 1.12. The highest BCUT2D eigenvalue weighted by molar-refractivity contribution is 9.10. The second-order valence-corrected chi connectivity index (χ2v) is 7.31. The molecule has 0 saturated carbocycles. The average Bonchev–Trinajstić information content (AvgIpc) is 2.92. The minimum absolute atomic E-state index is 0.421. The molecule has 21 heavy (non-hydrogen) atoms. The Bertz CT molecular complexity index is 659. The molecule has 1 atom stereocenters. The van der Waals surface area contributed by atoms with Crippen LogP contribution < -0.4 is 5.32 Å². The Morgan fingerprint density at radius 1 is 1.14 bits per heavy atom. The van der Waals surface area contributed by atoms with Crippen molar-refractivity contribution < 1.29 is 0 Å². The van der Waals surface area contributed by atoms with Crippen molar-refractivity contribution in [2.45, 2.75) is 19.1 Å². The maximum Gasteiger partial charge on any atom is 0.161 e. The smallest absolute Gasteiger partial charge is 0.161 e. The molecule has 3 rings (SSSR count). The molecule has 0 fully saturated rings. The van der Waals surface area contributed by atoms with Crippen LogP contribution in [0.15, 0.2) is 51.9 Å². The van der Waals surface area contributed by atoms with Crippen molar-refractivity contribution in [3.63, 3.8) is 0 Å². The van der Waals surface area contributed by atoms with Crippen LogP contribution in [0.25, 0.3) is 0 Å². The lowest BCUT2D eigenvalue weighted by molar-refractivity contribution is 0.966. The SMILES string of the molecule is Cc1cc(Br)cc(C)c1NC1=NCC(c2ccccc2)S1. The number of thioether (sulfide) groups is 1. The van der Waals surface area contributed by atoms with E-state index in [0.29, 0.717) is 5.25 Å². The first kappa shape index (κ1) is 14.7. The number of hydrogen-bond acceptors (Lipinski definition) is 3. The van der Waals surface area contributed by atoms with E-state index in [1.165, 1.54) is 16.7 Å². The summed E-state index contributed by atoms with van der Waals surface area (Å²) in [6.45, 7) is 5.08. The quantitative estimate of drug-likeness (QED) is 0.783. The van der Waals surface area contributed by atoms with Gasteiger partial charge in [-0.3, -0.25) is 4.99 Å². The van der Waals surface area contributed by atoms with Crippen molar-refractivity contribution in [3.05, 3.63) is 63.6 Å². The van der Waals surface area contributed by atoms with Crippen LogP contribution in [0.2, 0.25) is 0 Å². The van der Waals surface area contributed by atoms with Gasteiger partial charge < -0.3 is 5.32 Å². The minimum atomic E-state index is 0.421. The molecule has 108 valence electrons. The largest absolute Gasteiger partial charge is 0.335 e. The van der Waals surface area contributed by atoms with Crippen molar-refractivity contribution in [1.29, 1.82) is 0 Å². The standard InChI is InChI=1S/C17H17BrN2S/c1-11-8-14(18)9-12(2)16(11)20-17-19-10-15(21-17)13-6-4-3-5-7-13/h3-9,15H,10H2,1-2H3,(H,19,20). The predicted octanol–water partition coefficient (Wildman–Crippen LogP) is 5.32. The molecule has 2 aromatic rings. The van der Waals surface area contributed by atoms with E-state index in [2.05, 4.69) is 82.6 Å². The molecule has 1 heterocycles. The number of anilines is 1. The van der Waals surface area contributed by atoms with Crippen molar-refractivity contribution in [1.82, 2.24) is 0 Å². The van der Waals surface area contributed by atoms with E-state index in [9.17, 15) is 0 Å². The van der Waals surface area contributed by atoms with Crippen LogP contribution in [0.5, 0.6) is 0 Å². The molecule has 2 nitrogen and oxygen atoms in total. The fourth-order valence-corrected chi connectivity index (χ4v) is 4.21. The van der Waals surface area contributed by atoms with Gasteiger partial charge in [-0.25, -0.2) is 0 Å². The number of aryl methyl sites for hydroxylation is 2. The Morgan fingerprint density at radius 2 is 1.81 bits per heavy atom. The highest BCUT2D eigenvalue weighted by Gasteiger charge is 2.21. The summed E-state index contributed by atoms with van der Waals surface area (Å²) in [5, 5.41) is 4.93. The molecule has 1 aliphatic heterocycles. The normalized spacial score (nSPS) is 17.7. The van der Waals surface area contributed by atoms with Crippen LogP contribution in [-0.4, -0.2) is 11.7 Å². The number of nitrogens with zero attached hydrogens (tertiary/aromatic N) is 1. The molecule has 0 radical (unpaired) electrons. The van der Waals surface area contributed by atoms with E-state index in [1.807, 2.05) is 11.8 Å². The fraction of sp³-hybridized carbons (Fsp3) is 0.235.